The third kappa shape index (κ3) is 3.75. The summed E-state index contributed by atoms with van der Waals surface area (Å²) < 4.78 is 7.37. The van der Waals surface area contributed by atoms with Crippen LogP contribution in [0.25, 0.3) is 0 Å². The lowest BCUT2D eigenvalue weighted by atomic mass is 10.4. The molecular weight excluding hydrogens is 342 g/mol. The predicted molar refractivity (Wildman–Crippen MR) is 67.3 cm³/mol. The van der Waals surface area contributed by atoms with Gasteiger partial charge in [-0.25, -0.2) is 0 Å². The first-order valence-electron chi connectivity index (χ1n) is 4.65. The van der Waals surface area contributed by atoms with E-state index in [0.29, 0.717) is 4.47 Å². The Morgan fingerprint density at radius 3 is 2.69 bits per heavy atom. The van der Waals surface area contributed by atoms with Crippen LogP contribution in [0.3, 0.4) is 0 Å². The monoisotopic (exact) mass is 351 g/mol. The van der Waals surface area contributed by atoms with Crippen molar-refractivity contribution in [1.29, 1.82) is 0 Å². The highest BCUT2D eigenvalue weighted by atomic mass is 79.9. The average molecular weight is 353 g/mol. The SMILES string of the molecule is CC(C)OC(=O)Cn1cc(Br)cc(Br)c1=O. The summed E-state index contributed by atoms with van der Waals surface area (Å²) in [4.78, 5) is 23.0. The molecule has 1 rings (SSSR count). The van der Waals surface area contributed by atoms with Gasteiger partial charge in [-0.15, -0.1) is 0 Å². The van der Waals surface area contributed by atoms with E-state index < -0.39 is 5.97 Å². The van der Waals surface area contributed by atoms with E-state index in [-0.39, 0.29) is 18.2 Å². The molecule has 0 aliphatic carbocycles. The number of pyridine rings is 1. The minimum atomic E-state index is -0.429. The summed E-state index contributed by atoms with van der Waals surface area (Å²) in [5.41, 5.74) is -0.260. The third-order valence-electron chi connectivity index (χ3n) is 1.68. The number of halogens is 2. The number of carbonyl (C=O) groups excluding carboxylic acids is 1. The van der Waals surface area contributed by atoms with Crippen LogP contribution in [-0.2, 0) is 16.1 Å². The lowest BCUT2D eigenvalue weighted by molar-refractivity contribution is -0.148. The molecule has 1 aromatic heterocycles. The Hall–Kier alpha value is -0.620. The average Bonchev–Trinajstić information content (AvgIpc) is 2.11. The van der Waals surface area contributed by atoms with Crippen LogP contribution in [-0.4, -0.2) is 16.6 Å². The van der Waals surface area contributed by atoms with Crippen molar-refractivity contribution in [1.82, 2.24) is 4.57 Å². The topological polar surface area (TPSA) is 48.3 Å². The molecule has 4 nitrogen and oxygen atoms in total. The summed E-state index contributed by atoms with van der Waals surface area (Å²) >= 11 is 6.37. The van der Waals surface area contributed by atoms with Crippen molar-refractivity contribution in [2.75, 3.05) is 0 Å². The standard InChI is InChI=1S/C10H11Br2NO3/c1-6(2)16-9(14)5-13-4-7(11)3-8(12)10(13)15/h3-4,6H,5H2,1-2H3. The van der Waals surface area contributed by atoms with Crippen LogP contribution in [0.15, 0.2) is 26.0 Å². The maximum Gasteiger partial charge on any atom is 0.326 e. The van der Waals surface area contributed by atoms with Crippen molar-refractivity contribution in [3.8, 4) is 0 Å². The maximum absolute atomic E-state index is 11.6. The van der Waals surface area contributed by atoms with Crippen LogP contribution in [0.2, 0.25) is 0 Å². The van der Waals surface area contributed by atoms with E-state index in [1.807, 2.05) is 0 Å². The zero-order valence-electron chi connectivity index (χ0n) is 8.87. The smallest absolute Gasteiger partial charge is 0.326 e. The second-order valence-electron chi connectivity index (χ2n) is 3.48. The number of carbonyl (C=O) groups is 1. The fourth-order valence-corrected chi connectivity index (χ4v) is 2.38. The molecule has 0 N–H and O–H groups in total. The van der Waals surface area contributed by atoms with Gasteiger partial charge in [-0.2, -0.15) is 0 Å². The molecule has 1 aromatic rings. The molecule has 0 spiro atoms. The van der Waals surface area contributed by atoms with E-state index in [2.05, 4.69) is 31.9 Å². The lowest BCUT2D eigenvalue weighted by Crippen LogP contribution is -2.26. The van der Waals surface area contributed by atoms with Gasteiger partial charge in [0.2, 0.25) is 0 Å². The largest absolute Gasteiger partial charge is 0.462 e. The van der Waals surface area contributed by atoms with Crippen molar-refractivity contribution in [3.05, 3.63) is 31.6 Å². The van der Waals surface area contributed by atoms with Crippen LogP contribution in [0, 0.1) is 0 Å². The third-order valence-corrected chi connectivity index (χ3v) is 2.68. The Balaban J connectivity index is 2.89. The van der Waals surface area contributed by atoms with Crippen molar-refractivity contribution in [2.45, 2.75) is 26.5 Å². The lowest BCUT2D eigenvalue weighted by Gasteiger charge is -2.09. The van der Waals surface area contributed by atoms with Gasteiger partial charge < -0.3 is 9.30 Å². The number of hydrogen-bond acceptors (Lipinski definition) is 3. The van der Waals surface area contributed by atoms with Gasteiger partial charge in [-0.1, -0.05) is 0 Å². The number of rotatable bonds is 3. The van der Waals surface area contributed by atoms with Crippen LogP contribution in [0.5, 0.6) is 0 Å². The Morgan fingerprint density at radius 2 is 2.12 bits per heavy atom. The molecule has 1 heterocycles. The molecule has 0 aliphatic rings. The molecule has 0 fully saturated rings. The van der Waals surface area contributed by atoms with Crippen molar-refractivity contribution < 1.29 is 9.53 Å². The number of ether oxygens (including phenoxy) is 1. The molecule has 6 heteroatoms. The van der Waals surface area contributed by atoms with E-state index in [0.717, 1.165) is 4.47 Å². The Labute approximate surface area is 110 Å². The molecule has 0 saturated heterocycles. The van der Waals surface area contributed by atoms with Crippen molar-refractivity contribution in [2.24, 2.45) is 0 Å². The van der Waals surface area contributed by atoms with Crippen LogP contribution in [0.4, 0.5) is 0 Å². The summed E-state index contributed by atoms with van der Waals surface area (Å²) in [6.45, 7) is 3.43. The number of hydrogen-bond donors (Lipinski definition) is 0. The first kappa shape index (κ1) is 13.4. The quantitative estimate of drug-likeness (QED) is 0.784. The summed E-state index contributed by atoms with van der Waals surface area (Å²) in [5, 5.41) is 0. The van der Waals surface area contributed by atoms with Gasteiger partial charge in [0.05, 0.1) is 10.6 Å². The molecule has 0 aromatic carbocycles. The first-order chi connectivity index (χ1) is 7.40. The zero-order valence-corrected chi connectivity index (χ0v) is 12.0. The van der Waals surface area contributed by atoms with Gasteiger partial charge in [0, 0.05) is 10.7 Å². The molecule has 0 unspecified atom stereocenters. The Morgan fingerprint density at radius 1 is 1.50 bits per heavy atom. The summed E-state index contributed by atoms with van der Waals surface area (Å²) in [6, 6.07) is 1.63. The Kier molecular flexibility index (Phi) is 4.73. The molecule has 0 radical (unpaired) electrons. The van der Waals surface area contributed by atoms with Gasteiger partial charge >= 0.3 is 5.97 Å². The second kappa shape index (κ2) is 5.63. The van der Waals surface area contributed by atoms with E-state index in [1.165, 1.54) is 4.57 Å². The highest BCUT2D eigenvalue weighted by molar-refractivity contribution is 9.11. The molecule has 16 heavy (non-hydrogen) atoms. The number of aromatic nitrogens is 1. The maximum atomic E-state index is 11.6. The van der Waals surface area contributed by atoms with Gasteiger partial charge in [-0.05, 0) is 51.8 Å². The minimum Gasteiger partial charge on any atom is -0.462 e. The second-order valence-corrected chi connectivity index (χ2v) is 5.25. The highest BCUT2D eigenvalue weighted by Gasteiger charge is 2.10. The van der Waals surface area contributed by atoms with Gasteiger partial charge in [0.25, 0.3) is 5.56 Å². The molecule has 88 valence electrons. The van der Waals surface area contributed by atoms with E-state index in [1.54, 1.807) is 26.1 Å². The zero-order chi connectivity index (χ0) is 12.3. The molecule has 0 amide bonds. The van der Waals surface area contributed by atoms with E-state index >= 15 is 0 Å². The highest BCUT2D eigenvalue weighted by Crippen LogP contribution is 2.12. The summed E-state index contributed by atoms with van der Waals surface area (Å²) in [7, 11) is 0. The number of nitrogens with zero attached hydrogens (tertiary/aromatic N) is 1. The van der Waals surface area contributed by atoms with Crippen LogP contribution in [0.1, 0.15) is 13.8 Å². The van der Waals surface area contributed by atoms with Crippen LogP contribution >= 0.6 is 31.9 Å². The minimum absolute atomic E-state index is 0.0882. The van der Waals surface area contributed by atoms with Gasteiger partial charge in [0.15, 0.2) is 0 Å². The van der Waals surface area contributed by atoms with E-state index in [4.69, 9.17) is 4.74 Å². The fourth-order valence-electron chi connectivity index (χ4n) is 1.12. The molecule has 0 aliphatic heterocycles. The van der Waals surface area contributed by atoms with Crippen molar-refractivity contribution in [3.63, 3.8) is 0 Å². The summed E-state index contributed by atoms with van der Waals surface area (Å²) in [5.74, 6) is -0.429. The van der Waals surface area contributed by atoms with Crippen LogP contribution < -0.4 is 5.56 Å². The normalized spacial score (nSPS) is 10.6. The fraction of sp³-hybridized carbons (Fsp3) is 0.400. The predicted octanol–water partition coefficient (Wildman–Crippen LogP) is 2.32. The van der Waals surface area contributed by atoms with Gasteiger partial charge in [-0.3, -0.25) is 9.59 Å². The molecule has 0 bridgehead atoms. The summed E-state index contributed by atoms with van der Waals surface area (Å²) in [6.07, 6.45) is 1.37. The van der Waals surface area contributed by atoms with E-state index in [9.17, 15) is 9.59 Å². The molecular formula is C10H11Br2NO3. The molecule has 0 atom stereocenters. The molecule has 0 saturated carbocycles. The number of esters is 1. The Bertz CT molecular complexity index is 454. The van der Waals surface area contributed by atoms with Gasteiger partial charge in [0.1, 0.15) is 6.54 Å². The first-order valence-corrected chi connectivity index (χ1v) is 6.23. The van der Waals surface area contributed by atoms with Crippen molar-refractivity contribution >= 4 is 37.8 Å².